The van der Waals surface area contributed by atoms with Crippen LogP contribution in [0.2, 0.25) is 0 Å². The summed E-state index contributed by atoms with van der Waals surface area (Å²) in [6.45, 7) is 1.86. The highest BCUT2D eigenvalue weighted by Gasteiger charge is 2.21. The lowest BCUT2D eigenvalue weighted by molar-refractivity contribution is -0.138. The van der Waals surface area contributed by atoms with Gasteiger partial charge in [-0.2, -0.15) is 0 Å². The monoisotopic (exact) mass is 236 g/mol. The number of carboxylic acid groups (broad SMARTS) is 1. The molecule has 0 saturated carbocycles. The maximum absolute atomic E-state index is 11.0. The fraction of sp³-hybridized carbons (Fsp3) is 0.273. The van der Waals surface area contributed by atoms with Crippen LogP contribution in [0.1, 0.15) is 24.3 Å². The number of aromatic nitrogens is 2. The molecule has 2 aromatic rings. The predicted molar refractivity (Wildman–Crippen MR) is 62.6 cm³/mol. The Labute approximate surface area is 97.0 Å². The summed E-state index contributed by atoms with van der Waals surface area (Å²) in [5.41, 5.74) is 1.82. The lowest BCUT2D eigenvalue weighted by atomic mass is 10.1. The molecular formula is C11H12N2O2S. The Morgan fingerprint density at radius 3 is 3.06 bits per heavy atom. The maximum Gasteiger partial charge on any atom is 0.313 e. The van der Waals surface area contributed by atoms with Gasteiger partial charge in [0.1, 0.15) is 10.9 Å². The van der Waals surface area contributed by atoms with Gasteiger partial charge in [0.25, 0.3) is 0 Å². The number of aliphatic carboxylic acids is 1. The van der Waals surface area contributed by atoms with Gasteiger partial charge >= 0.3 is 5.97 Å². The van der Waals surface area contributed by atoms with Crippen LogP contribution < -0.4 is 0 Å². The topological polar surface area (TPSA) is 66.0 Å². The molecule has 1 atom stereocenters. The number of nitrogens with zero attached hydrogens (tertiary/aromatic N) is 1. The van der Waals surface area contributed by atoms with Crippen LogP contribution in [0.25, 0.3) is 11.3 Å². The normalized spacial score (nSPS) is 12.6. The van der Waals surface area contributed by atoms with Crippen LogP contribution in [0.5, 0.6) is 0 Å². The summed E-state index contributed by atoms with van der Waals surface area (Å²) in [6, 6.07) is 1.92. The highest BCUT2D eigenvalue weighted by molar-refractivity contribution is 7.10. The molecule has 0 aliphatic rings. The molecule has 0 amide bonds. The van der Waals surface area contributed by atoms with Crippen molar-refractivity contribution in [2.45, 2.75) is 19.3 Å². The van der Waals surface area contributed by atoms with Gasteiger partial charge in [-0.1, -0.05) is 6.92 Å². The molecule has 84 valence electrons. The molecule has 2 N–H and O–H groups in total. The Bertz CT molecular complexity index is 476. The number of H-pyrrole nitrogens is 1. The first-order valence-electron chi connectivity index (χ1n) is 5.03. The number of rotatable bonds is 4. The van der Waals surface area contributed by atoms with E-state index < -0.39 is 11.9 Å². The van der Waals surface area contributed by atoms with Crippen LogP contribution in [0.4, 0.5) is 0 Å². The number of hydrogen-bond acceptors (Lipinski definition) is 3. The van der Waals surface area contributed by atoms with Crippen LogP contribution in [0.3, 0.4) is 0 Å². The lowest BCUT2D eigenvalue weighted by Crippen LogP contribution is -2.09. The second-order valence-electron chi connectivity index (χ2n) is 3.47. The molecule has 2 aromatic heterocycles. The van der Waals surface area contributed by atoms with Gasteiger partial charge in [-0.15, -0.1) is 11.3 Å². The van der Waals surface area contributed by atoms with E-state index in [1.165, 1.54) is 11.3 Å². The third-order valence-electron chi connectivity index (χ3n) is 2.42. The molecule has 2 heterocycles. The van der Waals surface area contributed by atoms with Gasteiger partial charge in [0.15, 0.2) is 0 Å². The van der Waals surface area contributed by atoms with Gasteiger partial charge in [0, 0.05) is 23.3 Å². The quantitative estimate of drug-likeness (QED) is 0.857. The Balaban J connectivity index is 2.29. The Morgan fingerprint density at radius 2 is 2.50 bits per heavy atom. The average molecular weight is 236 g/mol. The summed E-state index contributed by atoms with van der Waals surface area (Å²) in [6.07, 6.45) is 4.23. The zero-order valence-corrected chi connectivity index (χ0v) is 9.62. The molecular weight excluding hydrogens is 224 g/mol. The van der Waals surface area contributed by atoms with Crippen molar-refractivity contribution in [3.05, 3.63) is 28.8 Å². The van der Waals surface area contributed by atoms with Crippen LogP contribution in [0, 0.1) is 0 Å². The maximum atomic E-state index is 11.0. The SMILES string of the molecule is CCC(C(=O)O)c1nc(-c2cc[nH]c2)cs1. The Hall–Kier alpha value is -1.62. The summed E-state index contributed by atoms with van der Waals surface area (Å²) < 4.78 is 0. The molecule has 0 radical (unpaired) electrons. The first kappa shape index (κ1) is 10.9. The highest BCUT2D eigenvalue weighted by atomic mass is 32.1. The molecule has 4 nitrogen and oxygen atoms in total. The zero-order chi connectivity index (χ0) is 11.5. The molecule has 0 aromatic carbocycles. The molecule has 0 fully saturated rings. The van der Waals surface area contributed by atoms with Crippen molar-refractivity contribution in [2.75, 3.05) is 0 Å². The van der Waals surface area contributed by atoms with Gasteiger partial charge in [-0.25, -0.2) is 4.98 Å². The number of hydrogen-bond donors (Lipinski definition) is 2. The summed E-state index contributed by atoms with van der Waals surface area (Å²) in [5, 5.41) is 11.6. The molecule has 5 heteroatoms. The lowest BCUT2D eigenvalue weighted by Gasteiger charge is -2.04. The molecule has 16 heavy (non-hydrogen) atoms. The third kappa shape index (κ3) is 1.99. The fourth-order valence-corrected chi connectivity index (χ4v) is 2.52. The van der Waals surface area contributed by atoms with E-state index in [9.17, 15) is 4.79 Å². The first-order chi connectivity index (χ1) is 7.72. The van der Waals surface area contributed by atoms with E-state index in [4.69, 9.17) is 5.11 Å². The Kier molecular flexibility index (Phi) is 3.05. The van der Waals surface area contributed by atoms with Gasteiger partial charge in [0.2, 0.25) is 0 Å². The number of thiazole rings is 1. The first-order valence-corrected chi connectivity index (χ1v) is 5.91. The number of aromatic amines is 1. The van der Waals surface area contributed by atoms with Crippen molar-refractivity contribution in [3.63, 3.8) is 0 Å². The van der Waals surface area contributed by atoms with E-state index in [0.717, 1.165) is 11.3 Å². The van der Waals surface area contributed by atoms with E-state index in [1.807, 2.05) is 30.8 Å². The van der Waals surface area contributed by atoms with Crippen molar-refractivity contribution in [1.82, 2.24) is 9.97 Å². The molecule has 0 bridgehead atoms. The number of carbonyl (C=O) groups is 1. The molecule has 1 unspecified atom stereocenters. The number of carboxylic acids is 1. The van der Waals surface area contributed by atoms with Gasteiger partial charge in [-0.3, -0.25) is 4.79 Å². The minimum Gasteiger partial charge on any atom is -0.481 e. The van der Waals surface area contributed by atoms with Crippen LogP contribution in [0.15, 0.2) is 23.8 Å². The van der Waals surface area contributed by atoms with Gasteiger partial charge in [-0.05, 0) is 12.5 Å². The second kappa shape index (κ2) is 4.49. The fourth-order valence-electron chi connectivity index (χ4n) is 1.52. The van der Waals surface area contributed by atoms with Crippen molar-refractivity contribution in [3.8, 4) is 11.3 Å². The summed E-state index contributed by atoms with van der Waals surface area (Å²) >= 11 is 1.40. The highest BCUT2D eigenvalue weighted by Crippen LogP contribution is 2.28. The summed E-state index contributed by atoms with van der Waals surface area (Å²) in [7, 11) is 0. The average Bonchev–Trinajstić information content (AvgIpc) is 2.86. The number of nitrogens with one attached hydrogen (secondary N) is 1. The van der Waals surface area contributed by atoms with E-state index in [2.05, 4.69) is 9.97 Å². The third-order valence-corrected chi connectivity index (χ3v) is 3.38. The predicted octanol–water partition coefficient (Wildman–Crippen LogP) is 2.72. The van der Waals surface area contributed by atoms with Crippen LogP contribution >= 0.6 is 11.3 Å². The summed E-state index contributed by atoms with van der Waals surface area (Å²) in [5.74, 6) is -1.30. The van der Waals surface area contributed by atoms with E-state index in [-0.39, 0.29) is 0 Å². The summed E-state index contributed by atoms with van der Waals surface area (Å²) in [4.78, 5) is 18.3. The largest absolute Gasteiger partial charge is 0.481 e. The van der Waals surface area contributed by atoms with Gasteiger partial charge in [0.05, 0.1) is 5.69 Å². The smallest absolute Gasteiger partial charge is 0.313 e. The van der Waals surface area contributed by atoms with Crippen molar-refractivity contribution in [1.29, 1.82) is 0 Å². The van der Waals surface area contributed by atoms with E-state index in [0.29, 0.717) is 11.4 Å². The molecule has 0 aliphatic carbocycles. The minimum atomic E-state index is -0.808. The zero-order valence-electron chi connectivity index (χ0n) is 8.80. The second-order valence-corrected chi connectivity index (χ2v) is 4.36. The molecule has 2 rings (SSSR count). The van der Waals surface area contributed by atoms with E-state index >= 15 is 0 Å². The van der Waals surface area contributed by atoms with Crippen molar-refractivity contribution in [2.24, 2.45) is 0 Å². The van der Waals surface area contributed by atoms with Crippen LogP contribution in [-0.2, 0) is 4.79 Å². The molecule has 0 saturated heterocycles. The van der Waals surface area contributed by atoms with Crippen molar-refractivity contribution < 1.29 is 9.90 Å². The van der Waals surface area contributed by atoms with Crippen molar-refractivity contribution >= 4 is 17.3 Å². The van der Waals surface area contributed by atoms with Gasteiger partial charge < -0.3 is 10.1 Å². The van der Waals surface area contributed by atoms with E-state index in [1.54, 1.807) is 0 Å². The standard InChI is InChI=1S/C11H12N2O2S/c1-2-8(11(14)15)10-13-9(6-16-10)7-3-4-12-5-7/h3-6,8,12H,2H2,1H3,(H,14,15). The Morgan fingerprint density at radius 1 is 1.69 bits per heavy atom. The molecule has 0 spiro atoms. The van der Waals surface area contributed by atoms with Crippen LogP contribution in [-0.4, -0.2) is 21.0 Å². The molecule has 0 aliphatic heterocycles. The minimum absolute atomic E-state index is 0.488.